The van der Waals surface area contributed by atoms with E-state index in [0.29, 0.717) is 16.4 Å². The molecular weight excluding hydrogens is 432 g/mol. The molecular formula is C20H21ClN2O4S2. The van der Waals surface area contributed by atoms with E-state index in [9.17, 15) is 13.2 Å². The minimum Gasteiger partial charge on any atom is -0.495 e. The van der Waals surface area contributed by atoms with Crippen LogP contribution >= 0.6 is 22.9 Å². The van der Waals surface area contributed by atoms with Crippen molar-refractivity contribution in [3.63, 3.8) is 0 Å². The van der Waals surface area contributed by atoms with E-state index in [4.69, 9.17) is 16.3 Å². The maximum atomic E-state index is 12.4. The monoisotopic (exact) mass is 452 g/mol. The van der Waals surface area contributed by atoms with E-state index >= 15 is 0 Å². The second-order valence-corrected chi connectivity index (χ2v) is 9.87. The van der Waals surface area contributed by atoms with E-state index in [1.54, 1.807) is 7.11 Å². The molecule has 29 heavy (non-hydrogen) atoms. The van der Waals surface area contributed by atoms with Gasteiger partial charge in [0.05, 0.1) is 22.5 Å². The van der Waals surface area contributed by atoms with Crippen LogP contribution in [0.15, 0.2) is 52.4 Å². The molecule has 0 aliphatic carbocycles. The summed E-state index contributed by atoms with van der Waals surface area (Å²) in [7, 11) is -1.85. The first-order chi connectivity index (χ1) is 13.9. The third-order valence-electron chi connectivity index (χ3n) is 4.40. The Hall–Kier alpha value is -2.16. The van der Waals surface area contributed by atoms with Gasteiger partial charge in [-0.05, 0) is 49.7 Å². The number of aromatic nitrogens is 1. The van der Waals surface area contributed by atoms with Gasteiger partial charge in [-0.15, -0.1) is 0 Å². The molecule has 0 spiro atoms. The number of aryl methyl sites for hydroxylation is 1. The van der Waals surface area contributed by atoms with Crippen molar-refractivity contribution < 1.29 is 17.9 Å². The van der Waals surface area contributed by atoms with Crippen molar-refractivity contribution in [3.8, 4) is 5.75 Å². The van der Waals surface area contributed by atoms with E-state index < -0.39 is 9.84 Å². The Morgan fingerprint density at radius 2 is 1.93 bits per heavy atom. The Balaban J connectivity index is 1.75. The predicted octanol–water partition coefficient (Wildman–Crippen LogP) is 4.07. The Morgan fingerprint density at radius 1 is 1.21 bits per heavy atom. The first-order valence-electron chi connectivity index (χ1n) is 9.08. The number of para-hydroxylation sites is 1. The standard InChI is InChI=1S/C20H21ClN2O4S2/c1-3-23-19-16(27-2)6-4-7-17(19)28-20(23)22-18(24)8-5-13-29(25,26)15-11-9-14(21)10-12-15/h4,6-7,9-12H,3,5,8,13H2,1-2H3. The van der Waals surface area contributed by atoms with E-state index in [1.807, 2.05) is 29.7 Å². The summed E-state index contributed by atoms with van der Waals surface area (Å²) in [6, 6.07) is 11.7. The molecule has 0 radical (unpaired) electrons. The number of sulfone groups is 1. The molecule has 0 fully saturated rings. The molecule has 0 saturated heterocycles. The van der Waals surface area contributed by atoms with Crippen LogP contribution in [0.3, 0.4) is 0 Å². The molecule has 3 aromatic rings. The molecule has 3 rings (SSSR count). The van der Waals surface area contributed by atoms with Crippen LogP contribution in [0.1, 0.15) is 19.8 Å². The lowest BCUT2D eigenvalue weighted by Gasteiger charge is -2.05. The van der Waals surface area contributed by atoms with E-state index in [-0.39, 0.29) is 29.4 Å². The molecule has 1 aromatic heterocycles. The summed E-state index contributed by atoms with van der Waals surface area (Å²) in [5.41, 5.74) is 0.902. The van der Waals surface area contributed by atoms with E-state index in [2.05, 4.69) is 4.99 Å². The lowest BCUT2D eigenvalue weighted by atomic mass is 10.3. The minimum atomic E-state index is -3.46. The molecule has 0 bridgehead atoms. The van der Waals surface area contributed by atoms with Gasteiger partial charge < -0.3 is 9.30 Å². The first kappa shape index (κ1) is 21.5. The van der Waals surface area contributed by atoms with Crippen LogP contribution in [0.5, 0.6) is 5.75 Å². The third kappa shape index (κ3) is 4.88. The number of carbonyl (C=O) groups excluding carboxylic acids is 1. The van der Waals surface area contributed by atoms with Crippen molar-refractivity contribution in [2.45, 2.75) is 31.2 Å². The van der Waals surface area contributed by atoms with Crippen LogP contribution in [0.2, 0.25) is 5.02 Å². The summed E-state index contributed by atoms with van der Waals surface area (Å²) in [6.45, 7) is 2.61. The average Bonchev–Trinajstić information content (AvgIpc) is 3.05. The highest BCUT2D eigenvalue weighted by molar-refractivity contribution is 7.91. The molecule has 0 unspecified atom stereocenters. The maximum absolute atomic E-state index is 12.4. The van der Waals surface area contributed by atoms with E-state index in [0.717, 1.165) is 16.0 Å². The van der Waals surface area contributed by atoms with Crippen LogP contribution < -0.4 is 9.54 Å². The van der Waals surface area contributed by atoms with Gasteiger partial charge in [0, 0.05) is 18.0 Å². The third-order valence-corrected chi connectivity index (χ3v) is 7.51. The number of nitrogens with zero attached hydrogens (tertiary/aromatic N) is 2. The molecule has 0 aliphatic heterocycles. The Bertz CT molecular complexity index is 1200. The molecule has 0 saturated carbocycles. The first-order valence-corrected chi connectivity index (χ1v) is 11.9. The number of rotatable bonds is 7. The predicted molar refractivity (Wildman–Crippen MR) is 115 cm³/mol. The molecule has 154 valence electrons. The molecule has 2 aromatic carbocycles. The van der Waals surface area contributed by atoms with Crippen molar-refractivity contribution in [3.05, 3.63) is 52.3 Å². The number of hydrogen-bond donors (Lipinski definition) is 0. The fourth-order valence-electron chi connectivity index (χ4n) is 2.98. The Morgan fingerprint density at radius 3 is 2.59 bits per heavy atom. The van der Waals surface area contributed by atoms with Gasteiger partial charge in [0.25, 0.3) is 0 Å². The molecule has 0 atom stereocenters. The fraction of sp³-hybridized carbons (Fsp3) is 0.300. The number of fused-ring (bicyclic) bond motifs is 1. The summed E-state index contributed by atoms with van der Waals surface area (Å²) < 4.78 is 33.1. The zero-order chi connectivity index (χ0) is 21.0. The van der Waals surface area contributed by atoms with Crippen molar-refractivity contribution in [2.75, 3.05) is 12.9 Å². The summed E-state index contributed by atoms with van der Waals surface area (Å²) in [5, 5.41) is 0.474. The summed E-state index contributed by atoms with van der Waals surface area (Å²) in [6.07, 6.45) is 0.259. The second-order valence-electron chi connectivity index (χ2n) is 6.32. The highest BCUT2D eigenvalue weighted by atomic mass is 35.5. The molecule has 6 nitrogen and oxygen atoms in total. The van der Waals surface area contributed by atoms with Gasteiger partial charge in [-0.3, -0.25) is 4.79 Å². The van der Waals surface area contributed by atoms with Crippen molar-refractivity contribution in [2.24, 2.45) is 4.99 Å². The SMILES string of the molecule is CCn1c(=NC(=O)CCCS(=O)(=O)c2ccc(Cl)cc2)sc2cccc(OC)c21. The highest BCUT2D eigenvalue weighted by Crippen LogP contribution is 2.27. The van der Waals surface area contributed by atoms with Gasteiger partial charge in [-0.25, -0.2) is 8.42 Å². The number of carbonyl (C=O) groups is 1. The highest BCUT2D eigenvalue weighted by Gasteiger charge is 2.15. The fourth-order valence-corrected chi connectivity index (χ4v) is 5.54. The number of hydrogen-bond acceptors (Lipinski definition) is 5. The van der Waals surface area contributed by atoms with Crippen molar-refractivity contribution in [1.29, 1.82) is 0 Å². The molecule has 0 N–H and O–H groups in total. The Labute approximate surface area is 178 Å². The smallest absolute Gasteiger partial charge is 0.248 e. The summed E-state index contributed by atoms with van der Waals surface area (Å²) in [5.74, 6) is 0.261. The Kier molecular flexibility index (Phi) is 6.77. The van der Waals surface area contributed by atoms with Gasteiger partial charge in [-0.1, -0.05) is 29.0 Å². The van der Waals surface area contributed by atoms with Crippen molar-refractivity contribution in [1.82, 2.24) is 4.57 Å². The number of amides is 1. The normalized spacial score (nSPS) is 12.4. The molecule has 9 heteroatoms. The number of ether oxygens (including phenoxy) is 1. The minimum absolute atomic E-state index is 0.0575. The second kappa shape index (κ2) is 9.11. The number of halogens is 1. The molecule has 1 amide bonds. The largest absolute Gasteiger partial charge is 0.495 e. The maximum Gasteiger partial charge on any atom is 0.248 e. The van der Waals surface area contributed by atoms with Gasteiger partial charge >= 0.3 is 0 Å². The zero-order valence-electron chi connectivity index (χ0n) is 16.1. The summed E-state index contributed by atoms with van der Waals surface area (Å²) in [4.78, 5) is 17.4. The van der Waals surface area contributed by atoms with Gasteiger partial charge in [0.2, 0.25) is 5.91 Å². The number of benzene rings is 2. The molecule has 0 aliphatic rings. The lowest BCUT2D eigenvalue weighted by molar-refractivity contribution is -0.118. The van der Waals surface area contributed by atoms with Gasteiger partial charge in [0.1, 0.15) is 11.3 Å². The lowest BCUT2D eigenvalue weighted by Crippen LogP contribution is -2.16. The average molecular weight is 453 g/mol. The van der Waals surface area contributed by atoms with Crippen molar-refractivity contribution >= 4 is 48.9 Å². The van der Waals surface area contributed by atoms with Crippen LogP contribution in [0.4, 0.5) is 0 Å². The molecule has 1 heterocycles. The van der Waals surface area contributed by atoms with Crippen LogP contribution in [0.25, 0.3) is 10.2 Å². The van der Waals surface area contributed by atoms with Crippen LogP contribution in [-0.4, -0.2) is 31.8 Å². The van der Waals surface area contributed by atoms with E-state index in [1.165, 1.54) is 35.6 Å². The quantitative estimate of drug-likeness (QED) is 0.541. The van der Waals surface area contributed by atoms with Gasteiger partial charge in [0.15, 0.2) is 14.6 Å². The van der Waals surface area contributed by atoms with Crippen LogP contribution in [-0.2, 0) is 21.2 Å². The van der Waals surface area contributed by atoms with Gasteiger partial charge in [-0.2, -0.15) is 4.99 Å². The number of thiazole rings is 1. The topological polar surface area (TPSA) is 77.7 Å². The zero-order valence-corrected chi connectivity index (χ0v) is 18.5. The number of methoxy groups -OCH3 is 1. The summed E-state index contributed by atoms with van der Waals surface area (Å²) >= 11 is 7.21. The van der Waals surface area contributed by atoms with Crippen LogP contribution in [0, 0.1) is 0 Å².